The van der Waals surface area contributed by atoms with E-state index in [2.05, 4.69) is 26.5 Å². The van der Waals surface area contributed by atoms with Crippen LogP contribution < -0.4 is 35.6 Å². The zero-order valence-electron chi connectivity index (χ0n) is 15.4. The first kappa shape index (κ1) is 19.1. The van der Waals surface area contributed by atoms with Gasteiger partial charge in [0.25, 0.3) is 5.91 Å². The molecule has 0 saturated carbocycles. The molecule has 2 aliphatic rings. The summed E-state index contributed by atoms with van der Waals surface area (Å²) >= 11 is 0. The molecule has 2 fully saturated rings. The molecule has 4 N–H and O–H groups in total. The number of carbonyl (C=O) groups excluding carboxylic acids is 3. The number of ether oxygens (including phenoxy) is 3. The average molecular weight is 392 g/mol. The van der Waals surface area contributed by atoms with E-state index in [0.717, 1.165) is 0 Å². The van der Waals surface area contributed by atoms with Gasteiger partial charge in [-0.2, -0.15) is 5.10 Å². The number of fused-ring (bicyclic) bond motifs is 1. The first-order chi connectivity index (χ1) is 13.5. The molecule has 0 unspecified atom stereocenters. The van der Waals surface area contributed by atoms with Crippen LogP contribution >= 0.6 is 0 Å². The Kier molecular flexibility index (Phi) is 5.38. The third kappa shape index (κ3) is 3.70. The van der Waals surface area contributed by atoms with Gasteiger partial charge < -0.3 is 30.2 Å². The molecule has 2 aliphatic heterocycles. The van der Waals surface area contributed by atoms with Gasteiger partial charge in [-0.15, -0.1) is 0 Å². The minimum Gasteiger partial charge on any atom is -0.493 e. The molecule has 2 saturated heterocycles. The predicted molar refractivity (Wildman–Crippen MR) is 96.3 cm³/mol. The quantitative estimate of drug-likeness (QED) is 0.352. The molecule has 12 heteroatoms. The van der Waals surface area contributed by atoms with Crippen molar-refractivity contribution < 1.29 is 28.6 Å². The Morgan fingerprint density at radius 3 is 2.43 bits per heavy atom. The summed E-state index contributed by atoms with van der Waals surface area (Å²) in [5, 5.41) is 11.5. The zero-order valence-corrected chi connectivity index (χ0v) is 15.4. The lowest BCUT2D eigenvalue weighted by Crippen LogP contribution is -2.47. The molecule has 12 nitrogen and oxygen atoms in total. The van der Waals surface area contributed by atoms with Crippen molar-refractivity contribution in [1.82, 2.24) is 26.3 Å². The number of hydrazone groups is 1. The number of benzene rings is 1. The van der Waals surface area contributed by atoms with E-state index in [0.29, 0.717) is 22.8 Å². The minimum absolute atomic E-state index is 0.276. The molecule has 3 rings (SSSR count). The number of hydrogen-bond donors (Lipinski definition) is 4. The molecule has 150 valence electrons. The molecule has 0 radical (unpaired) electrons. The normalized spacial score (nSPS) is 20.3. The second-order valence-corrected chi connectivity index (χ2v) is 5.87. The van der Waals surface area contributed by atoms with Gasteiger partial charge in [0.15, 0.2) is 11.5 Å². The first-order valence-electron chi connectivity index (χ1n) is 8.23. The highest BCUT2D eigenvalue weighted by Gasteiger charge is 2.45. The Morgan fingerprint density at radius 2 is 1.82 bits per heavy atom. The highest BCUT2D eigenvalue weighted by atomic mass is 16.5. The van der Waals surface area contributed by atoms with Gasteiger partial charge in [-0.3, -0.25) is 9.69 Å². The van der Waals surface area contributed by atoms with Crippen LogP contribution in [0, 0.1) is 0 Å². The molecule has 0 bridgehead atoms. The van der Waals surface area contributed by atoms with Crippen LogP contribution in [-0.4, -0.2) is 69.3 Å². The summed E-state index contributed by atoms with van der Waals surface area (Å²) < 4.78 is 15.7. The van der Waals surface area contributed by atoms with Crippen LogP contribution in [0.4, 0.5) is 9.59 Å². The van der Waals surface area contributed by atoms with Crippen molar-refractivity contribution in [1.29, 1.82) is 0 Å². The van der Waals surface area contributed by atoms with E-state index >= 15 is 0 Å². The summed E-state index contributed by atoms with van der Waals surface area (Å²) in [5.74, 6) is 0.798. The minimum atomic E-state index is -0.634. The number of methoxy groups -OCH3 is 3. The van der Waals surface area contributed by atoms with Crippen molar-refractivity contribution >= 4 is 24.2 Å². The van der Waals surface area contributed by atoms with Crippen LogP contribution in [0.1, 0.15) is 5.56 Å². The molecule has 0 aliphatic carbocycles. The fourth-order valence-corrected chi connectivity index (χ4v) is 2.91. The van der Waals surface area contributed by atoms with E-state index in [4.69, 9.17) is 14.2 Å². The number of nitrogens with one attached hydrogen (secondary N) is 4. The Hall–Kier alpha value is -3.70. The van der Waals surface area contributed by atoms with Crippen LogP contribution in [0.2, 0.25) is 0 Å². The van der Waals surface area contributed by atoms with Crippen LogP contribution in [0.25, 0.3) is 0 Å². The number of urea groups is 2. The molecule has 0 spiro atoms. The van der Waals surface area contributed by atoms with Gasteiger partial charge in [-0.1, -0.05) is 0 Å². The van der Waals surface area contributed by atoms with E-state index in [1.54, 1.807) is 12.1 Å². The van der Waals surface area contributed by atoms with Crippen LogP contribution in [0.3, 0.4) is 0 Å². The van der Waals surface area contributed by atoms with Gasteiger partial charge in [0.2, 0.25) is 5.75 Å². The Balaban J connectivity index is 1.62. The molecular weight excluding hydrogens is 372 g/mol. The molecule has 5 amide bonds. The van der Waals surface area contributed by atoms with E-state index in [9.17, 15) is 14.4 Å². The summed E-state index contributed by atoms with van der Waals surface area (Å²) in [5.41, 5.74) is 2.93. The van der Waals surface area contributed by atoms with Crippen molar-refractivity contribution in [2.75, 3.05) is 27.9 Å². The van der Waals surface area contributed by atoms with Crippen molar-refractivity contribution in [2.45, 2.75) is 12.3 Å². The number of hydrogen-bond acceptors (Lipinski definition) is 7. The maximum Gasteiger partial charge on any atom is 0.321 e. The van der Waals surface area contributed by atoms with Crippen molar-refractivity contribution in [3.8, 4) is 17.2 Å². The smallest absolute Gasteiger partial charge is 0.321 e. The zero-order chi connectivity index (χ0) is 20.3. The molecule has 0 aromatic heterocycles. The van der Waals surface area contributed by atoms with Crippen LogP contribution in [0.15, 0.2) is 17.2 Å². The van der Waals surface area contributed by atoms with E-state index in [-0.39, 0.29) is 6.54 Å². The molecule has 28 heavy (non-hydrogen) atoms. The monoisotopic (exact) mass is 392 g/mol. The third-order valence-electron chi connectivity index (χ3n) is 4.16. The lowest BCUT2D eigenvalue weighted by atomic mass is 10.2. The maximum atomic E-state index is 12.1. The van der Waals surface area contributed by atoms with Gasteiger partial charge in [0, 0.05) is 5.56 Å². The van der Waals surface area contributed by atoms with Crippen molar-refractivity contribution in [3.63, 3.8) is 0 Å². The Labute approximate surface area is 160 Å². The van der Waals surface area contributed by atoms with Crippen LogP contribution in [0.5, 0.6) is 17.2 Å². The molecular formula is C16H20N6O6. The highest BCUT2D eigenvalue weighted by molar-refractivity contribution is 5.89. The first-order valence-corrected chi connectivity index (χ1v) is 8.23. The number of nitrogens with zero attached hydrogens (tertiary/aromatic N) is 2. The second kappa shape index (κ2) is 7.90. The van der Waals surface area contributed by atoms with Crippen molar-refractivity contribution in [3.05, 3.63) is 17.7 Å². The number of carbonyl (C=O) groups is 3. The lowest BCUT2D eigenvalue weighted by molar-refractivity contribution is -0.121. The largest absolute Gasteiger partial charge is 0.493 e. The average Bonchev–Trinajstić information content (AvgIpc) is 3.16. The van der Waals surface area contributed by atoms with Gasteiger partial charge in [0.1, 0.15) is 18.9 Å². The van der Waals surface area contributed by atoms with Crippen molar-refractivity contribution in [2.24, 2.45) is 5.10 Å². The third-order valence-corrected chi connectivity index (χ3v) is 4.16. The van der Waals surface area contributed by atoms with Gasteiger partial charge in [-0.05, 0) is 12.1 Å². The highest BCUT2D eigenvalue weighted by Crippen LogP contribution is 2.37. The van der Waals surface area contributed by atoms with E-state index in [1.165, 1.54) is 32.4 Å². The lowest BCUT2D eigenvalue weighted by Gasteiger charge is -2.19. The fraction of sp³-hybridized carbons (Fsp3) is 0.375. The van der Waals surface area contributed by atoms with E-state index < -0.39 is 30.3 Å². The topological polar surface area (TPSA) is 143 Å². The standard InChI is InChI=1S/C16H20N6O6/c1-26-9-4-8(5-10(27-2)12(9)28-3)6-17-21-11(23)7-22-14-13(19-16(22)25)18-15(24)20-14/h4-6,13-14H,7H2,1-3H3,(H,19,25)(H,21,23)(H2,18,20,24)/b17-6-/t13-,14-/m1/s1. The van der Waals surface area contributed by atoms with Crippen LogP contribution in [-0.2, 0) is 4.79 Å². The maximum absolute atomic E-state index is 12.1. The molecule has 2 heterocycles. The summed E-state index contributed by atoms with van der Waals surface area (Å²) in [6.07, 6.45) is 0.189. The summed E-state index contributed by atoms with van der Waals surface area (Å²) in [6.45, 7) is -0.276. The Bertz CT molecular complexity index is 803. The van der Waals surface area contributed by atoms with Gasteiger partial charge >= 0.3 is 12.1 Å². The summed E-state index contributed by atoms with van der Waals surface area (Å²) in [6, 6.07) is 2.44. The van der Waals surface area contributed by atoms with E-state index in [1.807, 2.05) is 0 Å². The van der Waals surface area contributed by atoms with Gasteiger partial charge in [0.05, 0.1) is 27.5 Å². The number of amides is 5. The fourth-order valence-electron chi connectivity index (χ4n) is 2.91. The van der Waals surface area contributed by atoms with Gasteiger partial charge in [-0.25, -0.2) is 15.0 Å². The SMILES string of the molecule is COc1cc(/C=N\NC(=O)CN2C(=O)N[C@H]3NC(=O)N[C@@H]32)cc(OC)c1OC. The Morgan fingerprint density at radius 1 is 1.14 bits per heavy atom. The second-order valence-electron chi connectivity index (χ2n) is 5.87. The summed E-state index contributed by atoms with van der Waals surface area (Å²) in [4.78, 5) is 36.5. The molecule has 2 atom stereocenters. The molecule has 1 aromatic rings. The predicted octanol–water partition coefficient (Wildman–Crippen LogP) is -0.847. The molecule has 1 aromatic carbocycles. The summed E-state index contributed by atoms with van der Waals surface area (Å²) in [7, 11) is 4.48. The number of rotatable bonds is 7.